The van der Waals surface area contributed by atoms with Gasteiger partial charge in [0.2, 0.25) is 0 Å². The minimum atomic E-state index is 0.441. The summed E-state index contributed by atoms with van der Waals surface area (Å²) in [7, 11) is 1.97. The predicted octanol–water partition coefficient (Wildman–Crippen LogP) is 3.73. The van der Waals surface area contributed by atoms with Gasteiger partial charge in [0.05, 0.1) is 30.4 Å². The van der Waals surface area contributed by atoms with Crippen molar-refractivity contribution in [1.82, 2.24) is 9.78 Å². The molecule has 2 aromatic rings. The number of rotatable bonds is 7. The molecule has 0 saturated heterocycles. The van der Waals surface area contributed by atoms with Crippen LogP contribution in [0.15, 0.2) is 24.3 Å². The Morgan fingerprint density at radius 1 is 1.29 bits per heavy atom. The first-order chi connectivity index (χ1) is 10.2. The first-order valence-corrected chi connectivity index (χ1v) is 7.78. The van der Waals surface area contributed by atoms with E-state index in [4.69, 9.17) is 16.3 Å². The second-order valence-electron chi connectivity index (χ2n) is 4.85. The molecule has 114 valence electrons. The zero-order valence-electron chi connectivity index (χ0n) is 12.8. The number of alkyl halides is 1. The molecule has 2 rings (SSSR count). The lowest BCUT2D eigenvalue weighted by molar-refractivity contribution is 0.337. The maximum atomic E-state index is 5.98. The van der Waals surface area contributed by atoms with Gasteiger partial charge in [-0.1, -0.05) is 6.92 Å². The lowest BCUT2D eigenvalue weighted by atomic mass is 10.2. The number of aromatic nitrogens is 2. The monoisotopic (exact) mass is 307 g/mol. The minimum Gasteiger partial charge on any atom is -0.494 e. The Kier molecular flexibility index (Phi) is 5.51. The number of hydrogen-bond donors (Lipinski definition) is 1. The van der Waals surface area contributed by atoms with Crippen LogP contribution in [0.25, 0.3) is 0 Å². The number of hydrogen-bond acceptors (Lipinski definition) is 3. The van der Waals surface area contributed by atoms with Gasteiger partial charge in [-0.15, -0.1) is 11.6 Å². The Bertz CT molecular complexity index is 595. The Hall–Kier alpha value is -1.68. The standard InChI is InChI=1S/C16H22ClN3O/c1-4-13-9-15(20(3)19-13)11-18-14-6-7-16(21-5-2)12(8-14)10-17/h6-9,18H,4-5,10-11H2,1-3H3. The Morgan fingerprint density at radius 3 is 2.71 bits per heavy atom. The molecule has 0 aliphatic heterocycles. The molecule has 0 aliphatic carbocycles. The molecule has 0 aliphatic rings. The number of benzene rings is 1. The third-order valence-corrected chi connectivity index (χ3v) is 3.66. The van der Waals surface area contributed by atoms with Crippen LogP contribution in [0.3, 0.4) is 0 Å². The smallest absolute Gasteiger partial charge is 0.123 e. The summed E-state index contributed by atoms with van der Waals surface area (Å²) in [4.78, 5) is 0. The van der Waals surface area contributed by atoms with E-state index in [1.807, 2.05) is 36.9 Å². The molecule has 0 bridgehead atoms. The van der Waals surface area contributed by atoms with Crippen LogP contribution in [-0.2, 0) is 25.9 Å². The summed E-state index contributed by atoms with van der Waals surface area (Å²) in [6.45, 7) is 5.46. The average molecular weight is 308 g/mol. The van der Waals surface area contributed by atoms with E-state index in [0.29, 0.717) is 12.5 Å². The van der Waals surface area contributed by atoms with Gasteiger partial charge in [0, 0.05) is 18.3 Å². The fraction of sp³-hybridized carbons (Fsp3) is 0.438. The Morgan fingerprint density at radius 2 is 2.10 bits per heavy atom. The van der Waals surface area contributed by atoms with Crippen molar-refractivity contribution in [1.29, 1.82) is 0 Å². The van der Waals surface area contributed by atoms with Gasteiger partial charge in [-0.25, -0.2) is 0 Å². The van der Waals surface area contributed by atoms with Crippen LogP contribution in [0.2, 0.25) is 0 Å². The van der Waals surface area contributed by atoms with Crippen LogP contribution in [0.1, 0.15) is 30.8 Å². The summed E-state index contributed by atoms with van der Waals surface area (Å²) in [6, 6.07) is 8.14. The predicted molar refractivity (Wildman–Crippen MR) is 87.1 cm³/mol. The van der Waals surface area contributed by atoms with Gasteiger partial charge < -0.3 is 10.1 Å². The number of halogens is 1. The fourth-order valence-corrected chi connectivity index (χ4v) is 2.40. The first-order valence-electron chi connectivity index (χ1n) is 7.25. The van der Waals surface area contributed by atoms with Crippen LogP contribution in [-0.4, -0.2) is 16.4 Å². The average Bonchev–Trinajstić information content (AvgIpc) is 2.87. The van der Waals surface area contributed by atoms with E-state index in [2.05, 4.69) is 23.4 Å². The molecule has 0 fully saturated rings. The third-order valence-electron chi connectivity index (χ3n) is 3.37. The third kappa shape index (κ3) is 3.91. The topological polar surface area (TPSA) is 39.1 Å². The van der Waals surface area contributed by atoms with Crippen molar-refractivity contribution in [3.05, 3.63) is 41.2 Å². The molecule has 0 radical (unpaired) electrons. The second kappa shape index (κ2) is 7.36. The van der Waals surface area contributed by atoms with E-state index in [0.717, 1.165) is 41.4 Å². The highest BCUT2D eigenvalue weighted by atomic mass is 35.5. The van der Waals surface area contributed by atoms with Crippen molar-refractivity contribution in [2.45, 2.75) is 32.7 Å². The number of nitrogens with zero attached hydrogens (tertiary/aromatic N) is 2. The molecule has 0 unspecified atom stereocenters. The number of anilines is 1. The zero-order valence-corrected chi connectivity index (χ0v) is 13.6. The quantitative estimate of drug-likeness (QED) is 0.792. The summed E-state index contributed by atoms with van der Waals surface area (Å²) < 4.78 is 7.48. The first kappa shape index (κ1) is 15.7. The molecule has 5 heteroatoms. The van der Waals surface area contributed by atoms with Crippen molar-refractivity contribution in [2.75, 3.05) is 11.9 Å². The number of aryl methyl sites for hydroxylation is 2. The number of nitrogens with one attached hydrogen (secondary N) is 1. The molecule has 1 aromatic heterocycles. The highest BCUT2D eigenvalue weighted by Gasteiger charge is 2.06. The van der Waals surface area contributed by atoms with E-state index in [9.17, 15) is 0 Å². The normalized spacial score (nSPS) is 10.7. The van der Waals surface area contributed by atoms with Gasteiger partial charge in [0.15, 0.2) is 0 Å². The molecule has 4 nitrogen and oxygen atoms in total. The van der Waals surface area contributed by atoms with Crippen molar-refractivity contribution in [3.8, 4) is 5.75 Å². The molecule has 0 atom stereocenters. The van der Waals surface area contributed by atoms with Gasteiger partial charge in [0.25, 0.3) is 0 Å². The highest BCUT2D eigenvalue weighted by molar-refractivity contribution is 6.17. The molecule has 0 amide bonds. The largest absolute Gasteiger partial charge is 0.494 e. The van der Waals surface area contributed by atoms with Crippen molar-refractivity contribution in [3.63, 3.8) is 0 Å². The highest BCUT2D eigenvalue weighted by Crippen LogP contribution is 2.25. The Balaban J connectivity index is 2.07. The van der Waals surface area contributed by atoms with Crippen LogP contribution in [0.5, 0.6) is 5.75 Å². The van der Waals surface area contributed by atoms with Crippen LogP contribution < -0.4 is 10.1 Å². The molecule has 1 N–H and O–H groups in total. The van der Waals surface area contributed by atoms with Crippen LogP contribution in [0.4, 0.5) is 5.69 Å². The van der Waals surface area contributed by atoms with Crippen molar-refractivity contribution in [2.24, 2.45) is 7.05 Å². The van der Waals surface area contributed by atoms with Gasteiger partial charge in [-0.3, -0.25) is 4.68 Å². The molecule has 0 spiro atoms. The maximum absolute atomic E-state index is 5.98. The summed E-state index contributed by atoms with van der Waals surface area (Å²) in [5, 5.41) is 7.86. The summed E-state index contributed by atoms with van der Waals surface area (Å²) in [6.07, 6.45) is 0.952. The zero-order chi connectivity index (χ0) is 15.2. The van der Waals surface area contributed by atoms with E-state index in [-0.39, 0.29) is 0 Å². The molecule has 1 aromatic carbocycles. The van der Waals surface area contributed by atoms with E-state index in [1.165, 1.54) is 0 Å². The molecular formula is C16H22ClN3O. The molecule has 0 saturated carbocycles. The van der Waals surface area contributed by atoms with Crippen molar-refractivity contribution < 1.29 is 4.74 Å². The van der Waals surface area contributed by atoms with Gasteiger partial charge in [0.1, 0.15) is 5.75 Å². The van der Waals surface area contributed by atoms with E-state index < -0.39 is 0 Å². The fourth-order valence-electron chi connectivity index (χ4n) is 2.19. The van der Waals surface area contributed by atoms with Crippen LogP contribution >= 0.6 is 11.6 Å². The van der Waals surface area contributed by atoms with Crippen molar-refractivity contribution >= 4 is 17.3 Å². The summed E-state index contributed by atoms with van der Waals surface area (Å²) in [5.74, 6) is 1.29. The van der Waals surface area contributed by atoms with Gasteiger partial charge in [-0.2, -0.15) is 5.10 Å². The van der Waals surface area contributed by atoms with Gasteiger partial charge in [-0.05, 0) is 37.6 Å². The SMILES string of the molecule is CCOc1ccc(NCc2cc(CC)nn2C)cc1CCl. The van der Waals surface area contributed by atoms with E-state index >= 15 is 0 Å². The summed E-state index contributed by atoms with van der Waals surface area (Å²) in [5.41, 5.74) is 4.31. The van der Waals surface area contributed by atoms with E-state index in [1.54, 1.807) is 0 Å². The lowest BCUT2D eigenvalue weighted by Gasteiger charge is -2.12. The maximum Gasteiger partial charge on any atom is 0.123 e. The second-order valence-corrected chi connectivity index (χ2v) is 5.11. The lowest BCUT2D eigenvalue weighted by Crippen LogP contribution is -2.06. The minimum absolute atomic E-state index is 0.441. The van der Waals surface area contributed by atoms with Crippen LogP contribution in [0, 0.1) is 0 Å². The molecular weight excluding hydrogens is 286 g/mol. The number of ether oxygens (including phenoxy) is 1. The van der Waals surface area contributed by atoms with Gasteiger partial charge >= 0.3 is 0 Å². The molecule has 21 heavy (non-hydrogen) atoms. The molecule has 1 heterocycles. The Labute approximate surface area is 131 Å². The summed E-state index contributed by atoms with van der Waals surface area (Å²) >= 11 is 5.98.